The minimum atomic E-state index is -0.975. The first-order valence-corrected chi connectivity index (χ1v) is 6.13. The van der Waals surface area contributed by atoms with Crippen molar-refractivity contribution in [3.05, 3.63) is 39.4 Å². The lowest BCUT2D eigenvalue weighted by atomic mass is 10.1. The molecule has 0 heterocycles. The van der Waals surface area contributed by atoms with E-state index in [1.165, 1.54) is 23.1 Å². The summed E-state index contributed by atoms with van der Waals surface area (Å²) in [7, 11) is 0. The van der Waals surface area contributed by atoms with Crippen LogP contribution in [-0.4, -0.2) is 39.9 Å². The van der Waals surface area contributed by atoms with E-state index in [9.17, 15) is 19.7 Å². The molecule has 1 rings (SSSR count). The van der Waals surface area contributed by atoms with Crippen molar-refractivity contribution in [2.45, 2.75) is 20.3 Å². The Balaban J connectivity index is 2.95. The van der Waals surface area contributed by atoms with E-state index in [1.807, 2.05) is 0 Å². The highest BCUT2D eigenvalue weighted by molar-refractivity contribution is 5.96. The average molecular weight is 280 g/mol. The van der Waals surface area contributed by atoms with Crippen LogP contribution in [0.3, 0.4) is 0 Å². The van der Waals surface area contributed by atoms with E-state index in [-0.39, 0.29) is 24.6 Å². The second-order valence-electron chi connectivity index (χ2n) is 4.28. The molecule has 0 aromatic heterocycles. The minimum Gasteiger partial charge on any atom is -0.481 e. The van der Waals surface area contributed by atoms with Crippen LogP contribution in [0.1, 0.15) is 29.3 Å². The van der Waals surface area contributed by atoms with Crippen LogP contribution in [0.15, 0.2) is 18.2 Å². The lowest BCUT2D eigenvalue weighted by Crippen LogP contribution is -2.33. The number of nitro benzene ring substituents is 1. The fraction of sp³-hybridized carbons (Fsp3) is 0.385. The summed E-state index contributed by atoms with van der Waals surface area (Å²) in [6.45, 7) is 3.86. The number of benzene rings is 1. The Kier molecular flexibility index (Phi) is 5.19. The van der Waals surface area contributed by atoms with Gasteiger partial charge in [-0.05, 0) is 25.5 Å². The molecule has 1 aromatic carbocycles. The number of hydrogen-bond acceptors (Lipinski definition) is 4. The van der Waals surface area contributed by atoms with Crippen molar-refractivity contribution in [2.75, 3.05) is 13.1 Å². The predicted octanol–water partition coefficient (Wildman–Crippen LogP) is 1.84. The van der Waals surface area contributed by atoms with E-state index >= 15 is 0 Å². The van der Waals surface area contributed by atoms with Gasteiger partial charge in [-0.15, -0.1) is 0 Å². The molecule has 0 aliphatic rings. The maximum absolute atomic E-state index is 12.3. The molecular weight excluding hydrogens is 264 g/mol. The van der Waals surface area contributed by atoms with Crippen LogP contribution in [-0.2, 0) is 4.79 Å². The SMILES string of the molecule is CCN(CCC(=O)O)C(=O)c1ccc([N+](=O)[O-])cc1C. The molecule has 1 aromatic rings. The van der Waals surface area contributed by atoms with Crippen molar-refractivity contribution in [2.24, 2.45) is 0 Å². The quantitative estimate of drug-likeness (QED) is 0.633. The van der Waals surface area contributed by atoms with E-state index in [1.54, 1.807) is 13.8 Å². The standard InChI is InChI=1S/C13H16N2O5/c1-3-14(7-6-12(16)17)13(18)11-5-4-10(15(19)20)8-9(11)2/h4-5,8H,3,6-7H2,1-2H3,(H,16,17). The highest BCUT2D eigenvalue weighted by Gasteiger charge is 2.18. The number of carboxylic acid groups (broad SMARTS) is 1. The predicted molar refractivity (Wildman–Crippen MR) is 71.7 cm³/mol. The number of aryl methyl sites for hydroxylation is 1. The molecule has 0 radical (unpaired) electrons. The third kappa shape index (κ3) is 3.78. The topological polar surface area (TPSA) is 101 Å². The maximum atomic E-state index is 12.3. The van der Waals surface area contributed by atoms with Gasteiger partial charge in [0.05, 0.1) is 11.3 Å². The van der Waals surface area contributed by atoms with Crippen molar-refractivity contribution in [1.29, 1.82) is 0 Å². The molecule has 0 spiro atoms. The second kappa shape index (κ2) is 6.65. The fourth-order valence-corrected chi connectivity index (χ4v) is 1.81. The zero-order valence-corrected chi connectivity index (χ0v) is 11.3. The van der Waals surface area contributed by atoms with Crippen LogP contribution < -0.4 is 0 Å². The van der Waals surface area contributed by atoms with Crippen LogP contribution in [0, 0.1) is 17.0 Å². The molecule has 20 heavy (non-hydrogen) atoms. The first-order valence-electron chi connectivity index (χ1n) is 6.13. The summed E-state index contributed by atoms with van der Waals surface area (Å²) in [5, 5.41) is 19.3. The third-order valence-corrected chi connectivity index (χ3v) is 2.92. The van der Waals surface area contributed by atoms with Crippen LogP contribution in [0.2, 0.25) is 0 Å². The summed E-state index contributed by atoms with van der Waals surface area (Å²) in [5.74, 6) is -1.29. The largest absolute Gasteiger partial charge is 0.481 e. The summed E-state index contributed by atoms with van der Waals surface area (Å²) >= 11 is 0. The second-order valence-corrected chi connectivity index (χ2v) is 4.28. The lowest BCUT2D eigenvalue weighted by Gasteiger charge is -2.20. The highest BCUT2D eigenvalue weighted by Crippen LogP contribution is 2.18. The Morgan fingerprint density at radius 3 is 2.50 bits per heavy atom. The zero-order valence-electron chi connectivity index (χ0n) is 11.3. The molecule has 0 aliphatic carbocycles. The smallest absolute Gasteiger partial charge is 0.305 e. The summed E-state index contributed by atoms with van der Waals surface area (Å²) in [5.41, 5.74) is 0.772. The maximum Gasteiger partial charge on any atom is 0.305 e. The Labute approximate surface area is 116 Å². The Bertz CT molecular complexity index is 542. The number of rotatable bonds is 6. The normalized spacial score (nSPS) is 10.1. The average Bonchev–Trinajstić information content (AvgIpc) is 2.38. The first kappa shape index (κ1) is 15.6. The van der Waals surface area contributed by atoms with E-state index in [0.29, 0.717) is 17.7 Å². The summed E-state index contributed by atoms with van der Waals surface area (Å²) < 4.78 is 0. The van der Waals surface area contributed by atoms with Gasteiger partial charge in [-0.1, -0.05) is 0 Å². The molecule has 0 atom stereocenters. The summed E-state index contributed by atoms with van der Waals surface area (Å²) in [6.07, 6.45) is -0.133. The fourth-order valence-electron chi connectivity index (χ4n) is 1.81. The number of carbonyl (C=O) groups is 2. The van der Waals surface area contributed by atoms with Gasteiger partial charge in [0.1, 0.15) is 0 Å². The van der Waals surface area contributed by atoms with Crippen LogP contribution in [0.5, 0.6) is 0 Å². The van der Waals surface area contributed by atoms with Gasteiger partial charge in [0, 0.05) is 30.8 Å². The van der Waals surface area contributed by atoms with Crippen LogP contribution in [0.25, 0.3) is 0 Å². The van der Waals surface area contributed by atoms with Gasteiger partial charge in [-0.25, -0.2) is 0 Å². The molecule has 0 unspecified atom stereocenters. The van der Waals surface area contributed by atoms with Crippen LogP contribution in [0.4, 0.5) is 5.69 Å². The molecule has 1 amide bonds. The number of non-ortho nitro benzene ring substituents is 1. The van der Waals surface area contributed by atoms with Gasteiger partial charge in [0.2, 0.25) is 0 Å². The number of carboxylic acids is 1. The molecule has 108 valence electrons. The van der Waals surface area contributed by atoms with Gasteiger partial charge in [0.25, 0.3) is 11.6 Å². The molecular formula is C13H16N2O5. The van der Waals surface area contributed by atoms with Gasteiger partial charge in [-0.2, -0.15) is 0 Å². The Hall–Kier alpha value is -2.44. The van der Waals surface area contributed by atoms with Crippen molar-refractivity contribution in [3.8, 4) is 0 Å². The number of nitrogens with zero attached hydrogens (tertiary/aromatic N) is 2. The zero-order chi connectivity index (χ0) is 15.3. The van der Waals surface area contributed by atoms with Gasteiger partial charge in [0.15, 0.2) is 0 Å². The number of hydrogen-bond donors (Lipinski definition) is 1. The van der Waals surface area contributed by atoms with Crippen molar-refractivity contribution in [1.82, 2.24) is 4.90 Å². The number of aliphatic carboxylic acids is 1. The molecule has 0 fully saturated rings. The Morgan fingerprint density at radius 1 is 1.40 bits per heavy atom. The van der Waals surface area contributed by atoms with Crippen molar-refractivity contribution < 1.29 is 19.6 Å². The Morgan fingerprint density at radius 2 is 2.05 bits per heavy atom. The van der Waals surface area contributed by atoms with Crippen LogP contribution >= 0.6 is 0 Å². The summed E-state index contributed by atoms with van der Waals surface area (Å²) in [4.78, 5) is 34.3. The number of amides is 1. The van der Waals surface area contributed by atoms with Gasteiger partial charge in [-0.3, -0.25) is 19.7 Å². The van der Waals surface area contributed by atoms with E-state index in [0.717, 1.165) is 0 Å². The van der Waals surface area contributed by atoms with Crippen molar-refractivity contribution in [3.63, 3.8) is 0 Å². The van der Waals surface area contributed by atoms with Gasteiger partial charge >= 0.3 is 5.97 Å². The third-order valence-electron chi connectivity index (χ3n) is 2.92. The number of carbonyl (C=O) groups excluding carboxylic acids is 1. The lowest BCUT2D eigenvalue weighted by molar-refractivity contribution is -0.384. The molecule has 0 bridgehead atoms. The van der Waals surface area contributed by atoms with E-state index < -0.39 is 10.9 Å². The molecule has 7 heteroatoms. The minimum absolute atomic E-state index is 0.0763. The molecule has 7 nitrogen and oxygen atoms in total. The number of nitro groups is 1. The first-order chi connectivity index (χ1) is 9.36. The van der Waals surface area contributed by atoms with Crippen molar-refractivity contribution >= 4 is 17.6 Å². The summed E-state index contributed by atoms with van der Waals surface area (Å²) in [6, 6.07) is 4.00. The van der Waals surface area contributed by atoms with E-state index in [4.69, 9.17) is 5.11 Å². The van der Waals surface area contributed by atoms with Gasteiger partial charge < -0.3 is 10.0 Å². The molecule has 0 aliphatic heterocycles. The monoisotopic (exact) mass is 280 g/mol. The molecule has 0 saturated heterocycles. The van der Waals surface area contributed by atoms with E-state index in [2.05, 4.69) is 0 Å². The molecule has 0 saturated carbocycles. The molecule has 1 N–H and O–H groups in total. The highest BCUT2D eigenvalue weighted by atomic mass is 16.6.